The van der Waals surface area contributed by atoms with Crippen molar-refractivity contribution in [1.82, 2.24) is 0 Å². The summed E-state index contributed by atoms with van der Waals surface area (Å²) in [6, 6.07) is 0. The van der Waals surface area contributed by atoms with E-state index in [-0.39, 0.29) is 4.32 Å². The summed E-state index contributed by atoms with van der Waals surface area (Å²) in [6.07, 6.45) is 8.86. The Labute approximate surface area is 110 Å². The smallest absolute Gasteiger partial charge is 0.0593 e. The molecule has 2 saturated carbocycles. The van der Waals surface area contributed by atoms with Gasteiger partial charge in [-0.2, -0.15) is 0 Å². The molecule has 0 radical (unpaired) electrons. The minimum absolute atomic E-state index is 0.245. The number of fused-ring (bicyclic) bond motifs is 1. The van der Waals surface area contributed by atoms with Gasteiger partial charge in [-0.3, -0.25) is 0 Å². The molecule has 2 fully saturated rings. The average molecular weight is 385 g/mol. The van der Waals surface area contributed by atoms with Crippen LogP contribution in [0.1, 0.15) is 19.3 Å². The maximum atomic E-state index is 3.98. The van der Waals surface area contributed by atoms with E-state index in [1.54, 1.807) is 0 Å². The van der Waals surface area contributed by atoms with Gasteiger partial charge in [0.2, 0.25) is 0 Å². The quantitative estimate of drug-likeness (QED) is 0.432. The van der Waals surface area contributed by atoms with Crippen molar-refractivity contribution in [3.63, 3.8) is 0 Å². The minimum Gasteiger partial charge on any atom is -0.0890 e. The lowest BCUT2D eigenvalue weighted by Crippen LogP contribution is -2.50. The molecule has 3 heteroatoms. The van der Waals surface area contributed by atoms with Gasteiger partial charge >= 0.3 is 0 Å². The Morgan fingerprint density at radius 2 is 1.93 bits per heavy atom. The summed E-state index contributed by atoms with van der Waals surface area (Å²) < 4.78 is 0.245. The van der Waals surface area contributed by atoms with Crippen LogP contribution in [0.4, 0.5) is 0 Å². The zero-order valence-corrected chi connectivity index (χ0v) is 12.6. The fraction of sp³-hybridized carbons (Fsp3) is 0.818. The standard InChI is InChI=1S/C11H13Br3/c12-7-4-8-6-1-2-11(14,9(8)5-7)10(13)3-6/h1-2,6-10H,3-5H2/t6-,7+,8-,9-,10+,11+/m0/s1. The van der Waals surface area contributed by atoms with Crippen molar-refractivity contribution in [2.45, 2.75) is 33.2 Å². The Morgan fingerprint density at radius 3 is 2.64 bits per heavy atom. The Kier molecular flexibility index (Phi) is 2.46. The van der Waals surface area contributed by atoms with Crippen molar-refractivity contribution < 1.29 is 0 Å². The van der Waals surface area contributed by atoms with Crippen molar-refractivity contribution >= 4 is 47.8 Å². The molecule has 78 valence electrons. The van der Waals surface area contributed by atoms with E-state index in [2.05, 4.69) is 59.9 Å². The summed E-state index contributed by atoms with van der Waals surface area (Å²) in [6.45, 7) is 0. The lowest BCUT2D eigenvalue weighted by atomic mass is 9.63. The Hall–Kier alpha value is 1.18. The van der Waals surface area contributed by atoms with Gasteiger partial charge in [0.1, 0.15) is 0 Å². The van der Waals surface area contributed by atoms with Crippen LogP contribution in [0.2, 0.25) is 0 Å². The lowest BCUT2D eigenvalue weighted by molar-refractivity contribution is 0.186. The van der Waals surface area contributed by atoms with Crippen LogP contribution >= 0.6 is 47.8 Å². The highest BCUT2D eigenvalue weighted by Crippen LogP contribution is 2.60. The SMILES string of the molecule is Br[C@@H]1C[C@H]2[C@H]3C=C[C@](Br)([C@H](Br)C3)[C@H]2C1. The highest BCUT2D eigenvalue weighted by atomic mass is 79.9. The van der Waals surface area contributed by atoms with Gasteiger partial charge < -0.3 is 0 Å². The third-order valence-corrected chi connectivity index (χ3v) is 8.13. The van der Waals surface area contributed by atoms with E-state index in [9.17, 15) is 0 Å². The molecule has 0 aromatic rings. The molecular formula is C11H13Br3. The summed E-state index contributed by atoms with van der Waals surface area (Å²) >= 11 is 11.6. The second-order valence-corrected chi connectivity index (χ2v) is 8.67. The van der Waals surface area contributed by atoms with Gasteiger partial charge in [0.25, 0.3) is 0 Å². The summed E-state index contributed by atoms with van der Waals surface area (Å²) in [4.78, 5) is 1.37. The van der Waals surface area contributed by atoms with Gasteiger partial charge in [-0.05, 0) is 37.0 Å². The molecule has 4 aliphatic carbocycles. The molecule has 0 nitrogen and oxygen atoms in total. The number of halogens is 3. The van der Waals surface area contributed by atoms with E-state index < -0.39 is 0 Å². The molecule has 0 spiro atoms. The fourth-order valence-corrected chi connectivity index (χ4v) is 6.16. The van der Waals surface area contributed by atoms with Crippen LogP contribution in [0.5, 0.6) is 0 Å². The second kappa shape index (κ2) is 3.33. The van der Waals surface area contributed by atoms with E-state index in [1.165, 1.54) is 19.3 Å². The average Bonchev–Trinajstić information content (AvgIpc) is 2.52. The molecule has 0 unspecified atom stereocenters. The molecule has 6 atom stereocenters. The van der Waals surface area contributed by atoms with Gasteiger partial charge in [-0.1, -0.05) is 59.9 Å². The highest BCUT2D eigenvalue weighted by molar-refractivity contribution is 9.12. The number of alkyl halides is 3. The molecule has 0 heterocycles. The Bertz CT molecular complexity index is 288. The number of hydrogen-bond acceptors (Lipinski definition) is 0. The Balaban J connectivity index is 2.01. The van der Waals surface area contributed by atoms with Crippen LogP contribution < -0.4 is 0 Å². The molecule has 2 bridgehead atoms. The molecule has 14 heavy (non-hydrogen) atoms. The zero-order chi connectivity index (χ0) is 9.92. The van der Waals surface area contributed by atoms with Crippen molar-refractivity contribution in [1.29, 1.82) is 0 Å². The van der Waals surface area contributed by atoms with Crippen LogP contribution in [-0.2, 0) is 0 Å². The molecule has 0 saturated heterocycles. The Morgan fingerprint density at radius 1 is 1.14 bits per heavy atom. The third-order valence-electron chi connectivity index (χ3n) is 4.23. The maximum absolute atomic E-state index is 3.98. The summed E-state index contributed by atoms with van der Waals surface area (Å²) in [5.41, 5.74) is 0. The van der Waals surface area contributed by atoms with Crippen LogP contribution in [0.3, 0.4) is 0 Å². The lowest BCUT2D eigenvalue weighted by Gasteiger charge is -2.50. The first kappa shape index (κ1) is 10.3. The minimum atomic E-state index is 0.245. The van der Waals surface area contributed by atoms with E-state index in [0.717, 1.165) is 22.6 Å². The molecular weight excluding hydrogens is 372 g/mol. The fourth-order valence-electron chi connectivity index (χ4n) is 3.54. The van der Waals surface area contributed by atoms with Crippen LogP contribution in [-0.4, -0.2) is 14.0 Å². The van der Waals surface area contributed by atoms with Crippen LogP contribution in [0.25, 0.3) is 0 Å². The molecule has 0 amide bonds. The first-order chi connectivity index (χ1) is 6.61. The van der Waals surface area contributed by atoms with E-state index in [4.69, 9.17) is 0 Å². The van der Waals surface area contributed by atoms with E-state index in [0.29, 0.717) is 4.83 Å². The van der Waals surface area contributed by atoms with Gasteiger partial charge in [0.15, 0.2) is 0 Å². The summed E-state index contributed by atoms with van der Waals surface area (Å²) in [7, 11) is 0. The molecule has 4 rings (SSSR count). The van der Waals surface area contributed by atoms with Crippen molar-refractivity contribution in [2.75, 3.05) is 0 Å². The first-order valence-electron chi connectivity index (χ1n) is 5.27. The highest BCUT2D eigenvalue weighted by Gasteiger charge is 2.56. The monoisotopic (exact) mass is 382 g/mol. The maximum Gasteiger partial charge on any atom is 0.0593 e. The zero-order valence-electron chi connectivity index (χ0n) is 7.80. The topological polar surface area (TPSA) is 0 Å². The molecule has 0 aromatic heterocycles. The van der Waals surface area contributed by atoms with Gasteiger partial charge in [-0.25, -0.2) is 0 Å². The first-order valence-corrected chi connectivity index (χ1v) is 7.90. The van der Waals surface area contributed by atoms with E-state index in [1.807, 2.05) is 0 Å². The van der Waals surface area contributed by atoms with Crippen LogP contribution in [0, 0.1) is 17.8 Å². The van der Waals surface area contributed by atoms with Crippen molar-refractivity contribution in [3.05, 3.63) is 12.2 Å². The van der Waals surface area contributed by atoms with Gasteiger partial charge in [0, 0.05) is 9.65 Å². The van der Waals surface area contributed by atoms with Gasteiger partial charge in [-0.15, -0.1) is 0 Å². The van der Waals surface area contributed by atoms with Crippen LogP contribution in [0.15, 0.2) is 12.2 Å². The number of allylic oxidation sites excluding steroid dienone is 2. The predicted molar refractivity (Wildman–Crippen MR) is 70.5 cm³/mol. The van der Waals surface area contributed by atoms with Crippen molar-refractivity contribution in [2.24, 2.45) is 17.8 Å². The molecule has 4 aliphatic rings. The molecule has 0 aromatic carbocycles. The molecule has 0 N–H and O–H groups in total. The second-order valence-electron chi connectivity index (χ2n) is 4.89. The summed E-state index contributed by atoms with van der Waals surface area (Å²) in [5.74, 6) is 2.57. The van der Waals surface area contributed by atoms with E-state index >= 15 is 0 Å². The molecule has 0 aliphatic heterocycles. The number of rotatable bonds is 0. The predicted octanol–water partition coefficient (Wildman–Crippen LogP) is 4.26. The normalized spacial score (nSPS) is 60.4. The largest absolute Gasteiger partial charge is 0.0890 e. The third kappa shape index (κ3) is 1.27. The van der Waals surface area contributed by atoms with Gasteiger partial charge in [0.05, 0.1) is 4.32 Å². The number of hydrogen-bond donors (Lipinski definition) is 0. The van der Waals surface area contributed by atoms with Crippen molar-refractivity contribution in [3.8, 4) is 0 Å². The summed E-state index contributed by atoms with van der Waals surface area (Å²) in [5, 5.41) is 0.